The van der Waals surface area contributed by atoms with Crippen molar-refractivity contribution in [1.82, 2.24) is 10.3 Å². The van der Waals surface area contributed by atoms with E-state index in [0.29, 0.717) is 12.4 Å². The Morgan fingerprint density at radius 2 is 2.30 bits per heavy atom. The number of nitrogens with zero attached hydrogens (tertiary/aromatic N) is 1. The fourth-order valence-corrected chi connectivity index (χ4v) is 2.45. The summed E-state index contributed by atoms with van der Waals surface area (Å²) in [5.74, 6) is 0.293. The summed E-state index contributed by atoms with van der Waals surface area (Å²) in [6.07, 6.45) is 2.79. The van der Waals surface area contributed by atoms with Crippen molar-refractivity contribution in [3.05, 3.63) is 46.2 Å². The van der Waals surface area contributed by atoms with Crippen LogP contribution in [0.25, 0.3) is 0 Å². The lowest BCUT2D eigenvalue weighted by Gasteiger charge is -2.18. The lowest BCUT2D eigenvalue weighted by Crippen LogP contribution is -2.20. The van der Waals surface area contributed by atoms with E-state index in [1.807, 2.05) is 5.38 Å². The van der Waals surface area contributed by atoms with Gasteiger partial charge in [0.05, 0.1) is 0 Å². The monoisotopic (exact) mass is 294 g/mol. The molecule has 1 aromatic heterocycles. The van der Waals surface area contributed by atoms with Crippen molar-refractivity contribution in [2.45, 2.75) is 32.9 Å². The van der Waals surface area contributed by atoms with E-state index < -0.39 is 0 Å². The van der Waals surface area contributed by atoms with E-state index in [9.17, 15) is 4.39 Å². The van der Waals surface area contributed by atoms with Gasteiger partial charge in [-0.15, -0.1) is 11.3 Å². The molecule has 1 aromatic carbocycles. The minimum absolute atomic E-state index is 0.127. The van der Waals surface area contributed by atoms with Gasteiger partial charge in [-0.1, -0.05) is 13.0 Å². The zero-order valence-electron chi connectivity index (χ0n) is 11.7. The Bertz CT molecular complexity index is 531. The largest absolute Gasteiger partial charge is 0.486 e. The van der Waals surface area contributed by atoms with Crippen molar-refractivity contribution < 1.29 is 9.13 Å². The summed E-state index contributed by atoms with van der Waals surface area (Å²) in [7, 11) is 0. The van der Waals surface area contributed by atoms with Gasteiger partial charge < -0.3 is 10.1 Å². The van der Waals surface area contributed by atoms with E-state index in [1.54, 1.807) is 12.3 Å². The SMILES string of the molecule is CCCNC(C)c1ccc(F)cc1OCc1nccs1. The summed E-state index contributed by atoms with van der Waals surface area (Å²) in [5.41, 5.74) is 0.969. The molecule has 2 rings (SSSR count). The summed E-state index contributed by atoms with van der Waals surface area (Å²) >= 11 is 1.53. The van der Waals surface area contributed by atoms with Crippen LogP contribution < -0.4 is 10.1 Å². The molecule has 1 atom stereocenters. The highest BCUT2D eigenvalue weighted by atomic mass is 32.1. The van der Waals surface area contributed by atoms with Crippen LogP contribution in [0.2, 0.25) is 0 Å². The molecule has 1 unspecified atom stereocenters. The number of ether oxygens (including phenoxy) is 1. The maximum absolute atomic E-state index is 13.4. The van der Waals surface area contributed by atoms with Gasteiger partial charge in [-0.2, -0.15) is 0 Å². The minimum Gasteiger partial charge on any atom is -0.486 e. The fourth-order valence-electron chi connectivity index (χ4n) is 1.93. The zero-order valence-corrected chi connectivity index (χ0v) is 12.5. The van der Waals surface area contributed by atoms with E-state index >= 15 is 0 Å². The summed E-state index contributed by atoms with van der Waals surface area (Å²) in [4.78, 5) is 4.16. The van der Waals surface area contributed by atoms with Gasteiger partial charge in [0.25, 0.3) is 0 Å². The van der Waals surface area contributed by atoms with Crippen molar-refractivity contribution in [3.63, 3.8) is 0 Å². The third kappa shape index (κ3) is 4.02. The maximum Gasteiger partial charge on any atom is 0.140 e. The lowest BCUT2D eigenvalue weighted by molar-refractivity contribution is 0.297. The van der Waals surface area contributed by atoms with Crippen LogP contribution in [0.1, 0.15) is 36.9 Å². The van der Waals surface area contributed by atoms with Crippen LogP contribution in [0.3, 0.4) is 0 Å². The summed E-state index contributed by atoms with van der Waals surface area (Å²) in [6, 6.07) is 4.81. The first-order valence-electron chi connectivity index (χ1n) is 6.74. The molecule has 5 heteroatoms. The van der Waals surface area contributed by atoms with Gasteiger partial charge in [0.1, 0.15) is 23.2 Å². The van der Waals surface area contributed by atoms with Gasteiger partial charge in [-0.3, -0.25) is 0 Å². The summed E-state index contributed by atoms with van der Waals surface area (Å²) in [5, 5.41) is 6.17. The van der Waals surface area contributed by atoms with E-state index in [4.69, 9.17) is 4.74 Å². The zero-order chi connectivity index (χ0) is 14.4. The first kappa shape index (κ1) is 14.9. The summed E-state index contributed by atoms with van der Waals surface area (Å²) in [6.45, 7) is 5.46. The Kier molecular flexibility index (Phi) is 5.49. The number of nitrogens with one attached hydrogen (secondary N) is 1. The Balaban J connectivity index is 2.10. The Morgan fingerprint density at radius 1 is 1.45 bits per heavy atom. The molecule has 1 N–H and O–H groups in total. The highest BCUT2D eigenvalue weighted by molar-refractivity contribution is 7.09. The second-order valence-corrected chi connectivity index (χ2v) is 5.55. The topological polar surface area (TPSA) is 34.1 Å². The second kappa shape index (κ2) is 7.36. The van der Waals surface area contributed by atoms with E-state index in [0.717, 1.165) is 23.5 Å². The number of rotatable bonds is 7. The molecule has 0 bridgehead atoms. The fraction of sp³-hybridized carbons (Fsp3) is 0.400. The molecular formula is C15H19FN2OS. The van der Waals surface area contributed by atoms with Gasteiger partial charge in [0.15, 0.2) is 0 Å². The van der Waals surface area contributed by atoms with Crippen LogP contribution in [0.4, 0.5) is 4.39 Å². The molecule has 0 aliphatic rings. The molecule has 0 fully saturated rings. The van der Waals surface area contributed by atoms with Crippen LogP contribution >= 0.6 is 11.3 Å². The number of thiazole rings is 1. The number of aromatic nitrogens is 1. The lowest BCUT2D eigenvalue weighted by atomic mass is 10.1. The molecule has 0 spiro atoms. The highest BCUT2D eigenvalue weighted by Crippen LogP contribution is 2.27. The van der Waals surface area contributed by atoms with E-state index in [1.165, 1.54) is 23.5 Å². The van der Waals surface area contributed by atoms with Gasteiger partial charge in [0, 0.05) is 29.2 Å². The predicted molar refractivity (Wildman–Crippen MR) is 79.6 cm³/mol. The van der Waals surface area contributed by atoms with E-state index in [-0.39, 0.29) is 11.9 Å². The van der Waals surface area contributed by atoms with Crippen molar-refractivity contribution >= 4 is 11.3 Å². The molecule has 3 nitrogen and oxygen atoms in total. The standard InChI is InChI=1S/C15H19FN2OS/c1-3-6-17-11(2)13-5-4-12(16)9-14(13)19-10-15-18-7-8-20-15/h4-5,7-9,11,17H,3,6,10H2,1-2H3. The molecule has 1 heterocycles. The van der Waals surface area contributed by atoms with Crippen LogP contribution in [-0.4, -0.2) is 11.5 Å². The molecule has 0 amide bonds. The van der Waals surface area contributed by atoms with Crippen LogP contribution in [0.15, 0.2) is 29.8 Å². The van der Waals surface area contributed by atoms with Gasteiger partial charge in [-0.25, -0.2) is 9.37 Å². The quantitative estimate of drug-likeness (QED) is 0.840. The second-order valence-electron chi connectivity index (χ2n) is 4.57. The van der Waals surface area contributed by atoms with Gasteiger partial charge in [0.2, 0.25) is 0 Å². The van der Waals surface area contributed by atoms with E-state index in [2.05, 4.69) is 24.1 Å². The number of hydrogen-bond acceptors (Lipinski definition) is 4. The van der Waals surface area contributed by atoms with Crippen LogP contribution in [-0.2, 0) is 6.61 Å². The van der Waals surface area contributed by atoms with Crippen LogP contribution in [0.5, 0.6) is 5.75 Å². The van der Waals surface area contributed by atoms with Gasteiger partial charge >= 0.3 is 0 Å². The van der Waals surface area contributed by atoms with Crippen molar-refractivity contribution in [2.75, 3.05) is 6.54 Å². The van der Waals surface area contributed by atoms with Crippen LogP contribution in [0, 0.1) is 5.82 Å². The molecule has 0 aliphatic carbocycles. The number of hydrogen-bond donors (Lipinski definition) is 1. The average Bonchev–Trinajstić information content (AvgIpc) is 2.96. The predicted octanol–water partition coefficient (Wildman–Crippen LogP) is 3.92. The first-order chi connectivity index (χ1) is 9.70. The number of halogens is 1. The molecule has 0 aliphatic heterocycles. The smallest absolute Gasteiger partial charge is 0.140 e. The number of benzene rings is 1. The molecular weight excluding hydrogens is 275 g/mol. The van der Waals surface area contributed by atoms with Crippen molar-refractivity contribution in [2.24, 2.45) is 0 Å². The Morgan fingerprint density at radius 3 is 3.00 bits per heavy atom. The molecule has 2 aromatic rings. The first-order valence-corrected chi connectivity index (χ1v) is 7.62. The highest BCUT2D eigenvalue weighted by Gasteiger charge is 2.12. The maximum atomic E-state index is 13.4. The third-order valence-corrected chi connectivity index (χ3v) is 3.73. The molecule has 0 saturated heterocycles. The molecule has 0 radical (unpaired) electrons. The van der Waals surface area contributed by atoms with Crippen molar-refractivity contribution in [1.29, 1.82) is 0 Å². The molecule has 0 saturated carbocycles. The molecule has 108 valence electrons. The van der Waals surface area contributed by atoms with Gasteiger partial charge in [-0.05, 0) is 26.0 Å². The Hall–Kier alpha value is -1.46. The normalized spacial score (nSPS) is 12.3. The Labute approximate surface area is 122 Å². The molecule has 20 heavy (non-hydrogen) atoms. The summed E-state index contributed by atoms with van der Waals surface area (Å²) < 4.78 is 19.1. The average molecular weight is 294 g/mol. The van der Waals surface area contributed by atoms with Crippen molar-refractivity contribution in [3.8, 4) is 5.75 Å². The third-order valence-electron chi connectivity index (χ3n) is 2.98. The minimum atomic E-state index is -0.286.